The van der Waals surface area contributed by atoms with Crippen LogP contribution in [-0.2, 0) is 19.5 Å². The molecule has 0 aliphatic heterocycles. The molecule has 247 valence electrons. The molecule has 0 unspecified atom stereocenters. The van der Waals surface area contributed by atoms with E-state index < -0.39 is 15.8 Å². The fourth-order valence-electron chi connectivity index (χ4n) is 5.06. The van der Waals surface area contributed by atoms with Gasteiger partial charge in [0.05, 0.1) is 0 Å². The van der Waals surface area contributed by atoms with Crippen LogP contribution in [0.1, 0.15) is 5.56 Å². The third-order valence-corrected chi connectivity index (χ3v) is 12.1. The summed E-state index contributed by atoms with van der Waals surface area (Å²) in [5.74, 6) is 0. The van der Waals surface area contributed by atoms with Crippen molar-refractivity contribution in [2.45, 2.75) is 0 Å². The molecular formula is C45H39NOP2Ru+. The van der Waals surface area contributed by atoms with E-state index in [9.17, 15) is 0 Å². The average molecular weight is 773 g/mol. The van der Waals surface area contributed by atoms with Gasteiger partial charge in [-0.05, 0) is 73.0 Å². The summed E-state index contributed by atoms with van der Waals surface area (Å²) in [4.78, 5) is 7.25. The van der Waals surface area contributed by atoms with E-state index in [0.717, 1.165) is 0 Å². The van der Waals surface area contributed by atoms with Crippen LogP contribution in [0.3, 0.4) is 0 Å². The van der Waals surface area contributed by atoms with Crippen molar-refractivity contribution in [3.8, 4) is 0 Å². The number of hydrogen-bond acceptors (Lipinski definition) is 1. The molecule has 0 aliphatic carbocycles. The maximum atomic E-state index is 7.25. The largest absolute Gasteiger partial charge is 1.00 e. The Kier molecular flexibility index (Phi) is 19.1. The first-order chi connectivity index (χ1) is 24.3. The standard InChI is InChI=1S/2C18H15P.C9H9.NO.Ru/c2*1-4-10-16(11-5-1)19(17-12-6-2-7-13-17)18-14-8-3-9-15-18;1-2-6-9-7-4-3-5-8-9;1-2;/h2*1-15H;2-8H,1H2;;/q;;;;+1. The Bertz CT molecular complexity index is 1530. The van der Waals surface area contributed by atoms with Crippen LogP contribution in [0.15, 0.2) is 212 Å². The molecule has 7 aromatic carbocycles. The minimum Gasteiger partial charge on any atom is -0.120 e. The van der Waals surface area contributed by atoms with Gasteiger partial charge in [-0.3, -0.25) is 0 Å². The normalized spacial score (nSPS) is 9.82. The van der Waals surface area contributed by atoms with Crippen LogP contribution < -0.4 is 37.4 Å². The topological polar surface area (TPSA) is 39.4 Å². The maximum absolute atomic E-state index is 7.25. The van der Waals surface area contributed by atoms with Crippen LogP contribution in [0.25, 0.3) is 0 Å². The predicted molar refractivity (Wildman–Crippen MR) is 215 cm³/mol. The Balaban J connectivity index is 0.000000207. The first-order valence-corrected chi connectivity index (χ1v) is 18.6. The van der Waals surface area contributed by atoms with Crippen molar-refractivity contribution in [3.05, 3.63) is 243 Å². The first kappa shape index (κ1) is 40.1. The van der Waals surface area contributed by atoms with Crippen molar-refractivity contribution in [1.82, 2.24) is 5.59 Å². The minimum atomic E-state index is -0.446. The fourth-order valence-corrected chi connectivity index (χ4v) is 9.67. The van der Waals surface area contributed by atoms with Crippen LogP contribution in [0.4, 0.5) is 0 Å². The summed E-state index contributed by atoms with van der Waals surface area (Å²) >= 11 is 0. The predicted octanol–water partition coefficient (Wildman–Crippen LogP) is 8.72. The molecule has 0 N–H and O–H groups in total. The van der Waals surface area contributed by atoms with Crippen molar-refractivity contribution < 1.29 is 19.5 Å². The van der Waals surface area contributed by atoms with E-state index in [-0.39, 0.29) is 19.5 Å². The quantitative estimate of drug-likeness (QED) is 0.113. The Hall–Kier alpha value is -4.38. The molecule has 0 heterocycles. The zero-order chi connectivity index (χ0) is 34.4. The Labute approximate surface area is 313 Å². The maximum Gasteiger partial charge on any atom is 1.00 e. The molecule has 0 saturated carbocycles. The second-order valence-corrected chi connectivity index (χ2v) is 14.9. The van der Waals surface area contributed by atoms with Gasteiger partial charge >= 0.3 is 19.5 Å². The third-order valence-electron chi connectivity index (χ3n) is 7.20. The van der Waals surface area contributed by atoms with Gasteiger partial charge in [0, 0.05) is 0 Å². The number of benzene rings is 7. The molecule has 0 amide bonds. The molecule has 0 aliphatic rings. The van der Waals surface area contributed by atoms with Gasteiger partial charge in [0.2, 0.25) is 0 Å². The molecule has 5 radical (unpaired) electrons. The van der Waals surface area contributed by atoms with E-state index >= 15 is 0 Å². The number of nitroso groups, excluding NO2 is 1. The van der Waals surface area contributed by atoms with Crippen molar-refractivity contribution in [3.63, 3.8) is 0 Å². The monoisotopic (exact) mass is 773 g/mol. The molecule has 0 bridgehead atoms. The molecule has 7 rings (SSSR count). The van der Waals surface area contributed by atoms with E-state index in [1.807, 2.05) is 36.8 Å². The zero-order valence-corrected chi connectivity index (χ0v) is 31.2. The Morgan fingerprint density at radius 3 is 0.700 bits per heavy atom. The van der Waals surface area contributed by atoms with Crippen molar-refractivity contribution in [2.75, 3.05) is 0 Å². The van der Waals surface area contributed by atoms with Crippen molar-refractivity contribution in [1.29, 1.82) is 0 Å². The van der Waals surface area contributed by atoms with E-state index in [1.165, 1.54) is 37.4 Å². The smallest absolute Gasteiger partial charge is 0.120 e. The second-order valence-electron chi connectivity index (χ2n) is 10.5. The van der Waals surface area contributed by atoms with Gasteiger partial charge in [0.25, 0.3) is 0 Å². The van der Waals surface area contributed by atoms with Crippen LogP contribution in [0.2, 0.25) is 0 Å². The molecule has 0 fully saturated rings. The molecule has 0 atom stereocenters. The summed E-state index contributed by atoms with van der Waals surface area (Å²) in [6.45, 7) is 3.60. The summed E-state index contributed by atoms with van der Waals surface area (Å²) in [6.07, 6.45) is 3.76. The van der Waals surface area contributed by atoms with Crippen LogP contribution >= 0.6 is 15.8 Å². The fraction of sp³-hybridized carbons (Fsp3) is 0. The van der Waals surface area contributed by atoms with Crippen LogP contribution in [-0.4, -0.2) is 0 Å². The van der Waals surface area contributed by atoms with Crippen LogP contribution in [0, 0.1) is 24.7 Å². The Morgan fingerprint density at radius 2 is 0.520 bits per heavy atom. The third kappa shape index (κ3) is 12.8. The number of hydrogen-bond donors (Lipinski definition) is 0. The van der Waals surface area contributed by atoms with Gasteiger partial charge in [-0.15, -0.1) is 4.91 Å². The van der Waals surface area contributed by atoms with Gasteiger partial charge in [-0.1, -0.05) is 212 Å². The van der Waals surface area contributed by atoms with Crippen LogP contribution in [0.5, 0.6) is 0 Å². The Morgan fingerprint density at radius 1 is 0.340 bits per heavy atom. The number of rotatable bonds is 8. The average Bonchev–Trinajstić information content (AvgIpc) is 3.20. The van der Waals surface area contributed by atoms with Gasteiger partial charge in [-0.25, -0.2) is 0 Å². The van der Waals surface area contributed by atoms with E-state index in [4.69, 9.17) is 10.5 Å². The SMILES string of the molecule is [CH2][CH][CH]c1ccccc1.[N]=O.[Ru+].c1ccc(P(c2ccccc2)c2ccccc2)cc1.c1ccc(P(c2ccccc2)c2ccccc2)cc1. The summed E-state index contributed by atoms with van der Waals surface area (Å²) < 4.78 is 0. The molecule has 5 heteroatoms. The number of nitrogens with zero attached hydrogens (tertiary/aromatic N) is 1. The minimum absolute atomic E-state index is 0. The van der Waals surface area contributed by atoms with Gasteiger partial charge in [-0.2, -0.15) is 0 Å². The molecule has 2 nitrogen and oxygen atoms in total. The molecule has 0 spiro atoms. The summed E-state index contributed by atoms with van der Waals surface area (Å²) in [6, 6.07) is 74.8. The van der Waals surface area contributed by atoms with E-state index in [1.54, 1.807) is 6.42 Å². The molecule has 50 heavy (non-hydrogen) atoms. The van der Waals surface area contributed by atoms with Crippen molar-refractivity contribution >= 4 is 47.7 Å². The van der Waals surface area contributed by atoms with Crippen molar-refractivity contribution in [2.24, 2.45) is 0 Å². The molecule has 7 aromatic rings. The van der Waals surface area contributed by atoms with Gasteiger partial charge in [0.15, 0.2) is 0 Å². The summed E-state index contributed by atoms with van der Waals surface area (Å²) in [5, 5.41) is 8.39. The molecule has 0 saturated heterocycles. The van der Waals surface area contributed by atoms with Gasteiger partial charge in [0.1, 0.15) is 5.59 Å². The summed E-state index contributed by atoms with van der Waals surface area (Å²) in [5.41, 5.74) is 6.95. The molecule has 0 aromatic heterocycles. The molecular weight excluding hydrogens is 734 g/mol. The second kappa shape index (κ2) is 23.9. The first-order valence-electron chi connectivity index (χ1n) is 15.9. The summed E-state index contributed by atoms with van der Waals surface area (Å²) in [7, 11) is -0.892. The zero-order valence-electron chi connectivity index (χ0n) is 27.7. The van der Waals surface area contributed by atoms with E-state index in [2.05, 4.69) is 189 Å². The van der Waals surface area contributed by atoms with Gasteiger partial charge < -0.3 is 0 Å². The van der Waals surface area contributed by atoms with E-state index in [0.29, 0.717) is 0 Å².